The fraction of sp³-hybridized carbons (Fsp3) is 0.280. The SMILES string of the molecule is Cc1c(F)c(F)c(COC(O)(OCc2c(F)c(F)c(C)c(F)c2F)OCc2c(F)c(F)c(C)c(F)c2F)c(F)c1F. The van der Waals surface area contributed by atoms with Crippen LogP contribution < -0.4 is 0 Å². The second kappa shape index (κ2) is 11.9. The van der Waals surface area contributed by atoms with Crippen LogP contribution >= 0.6 is 0 Å². The van der Waals surface area contributed by atoms with Crippen molar-refractivity contribution in [1.82, 2.24) is 0 Å². The minimum atomic E-state index is -3.97. The van der Waals surface area contributed by atoms with Gasteiger partial charge in [-0.1, -0.05) is 0 Å². The van der Waals surface area contributed by atoms with Gasteiger partial charge in [0, 0.05) is 16.7 Å². The molecule has 0 spiro atoms. The van der Waals surface area contributed by atoms with E-state index in [2.05, 4.69) is 14.2 Å². The number of halogens is 12. The number of hydrogen-bond donors (Lipinski definition) is 1. The molecule has 41 heavy (non-hydrogen) atoms. The number of aliphatic hydroxyl groups is 1. The molecule has 0 bridgehead atoms. The summed E-state index contributed by atoms with van der Waals surface area (Å²) in [5.74, 6) is -23.7. The van der Waals surface area contributed by atoms with Gasteiger partial charge in [-0.25, -0.2) is 52.7 Å². The van der Waals surface area contributed by atoms with Crippen LogP contribution in [-0.2, 0) is 34.0 Å². The molecule has 16 heteroatoms. The minimum absolute atomic E-state index is 0.663. The van der Waals surface area contributed by atoms with Gasteiger partial charge in [-0.3, -0.25) is 14.2 Å². The number of benzene rings is 3. The minimum Gasteiger partial charge on any atom is -0.319 e. The third-order valence-corrected chi connectivity index (χ3v) is 5.92. The summed E-state index contributed by atoms with van der Waals surface area (Å²) < 4.78 is 183. The molecule has 0 aliphatic rings. The van der Waals surface area contributed by atoms with Crippen LogP contribution in [0.4, 0.5) is 52.7 Å². The van der Waals surface area contributed by atoms with Crippen molar-refractivity contribution in [1.29, 1.82) is 0 Å². The molecule has 1 N–H and O–H groups in total. The van der Waals surface area contributed by atoms with Gasteiger partial charge in [0.2, 0.25) is 0 Å². The largest absolute Gasteiger partial charge is 0.411 e. The molecule has 3 aromatic rings. The van der Waals surface area contributed by atoms with E-state index in [0.29, 0.717) is 20.8 Å². The summed E-state index contributed by atoms with van der Waals surface area (Å²) in [6.45, 7) is -3.20. The average Bonchev–Trinajstić information content (AvgIpc) is 2.94. The molecule has 0 aromatic heterocycles. The van der Waals surface area contributed by atoms with Crippen LogP contribution in [0.3, 0.4) is 0 Å². The summed E-state index contributed by atoms with van der Waals surface area (Å²) in [5.41, 5.74) is -8.00. The first kappa shape index (κ1) is 32.2. The van der Waals surface area contributed by atoms with Gasteiger partial charge in [0.25, 0.3) is 0 Å². The van der Waals surface area contributed by atoms with Gasteiger partial charge in [-0.2, -0.15) is 0 Å². The molecule has 0 saturated carbocycles. The maximum atomic E-state index is 14.3. The van der Waals surface area contributed by atoms with Crippen molar-refractivity contribution in [2.24, 2.45) is 0 Å². The Kier molecular flexibility index (Phi) is 9.32. The highest BCUT2D eigenvalue weighted by Crippen LogP contribution is 2.30. The lowest BCUT2D eigenvalue weighted by Gasteiger charge is -2.28. The number of hydrogen-bond acceptors (Lipinski definition) is 4. The molecule has 0 fully saturated rings. The topological polar surface area (TPSA) is 47.9 Å². The van der Waals surface area contributed by atoms with Crippen molar-refractivity contribution < 1.29 is 72.0 Å². The third-order valence-electron chi connectivity index (χ3n) is 5.92. The Morgan fingerprint density at radius 3 is 0.732 bits per heavy atom. The maximum Gasteiger partial charge on any atom is 0.411 e. The molecule has 0 saturated heterocycles. The van der Waals surface area contributed by atoms with Gasteiger partial charge < -0.3 is 5.11 Å². The summed E-state index contributed by atoms with van der Waals surface area (Å²) in [6.07, 6.45) is -3.97. The molecule has 0 aliphatic heterocycles. The van der Waals surface area contributed by atoms with Crippen LogP contribution in [0.15, 0.2) is 0 Å². The number of ether oxygens (including phenoxy) is 3. The van der Waals surface area contributed by atoms with Crippen LogP contribution in [0.2, 0.25) is 0 Å². The molecule has 4 nitrogen and oxygen atoms in total. The quantitative estimate of drug-likeness (QED) is 0.164. The summed E-state index contributed by atoms with van der Waals surface area (Å²) >= 11 is 0. The summed E-state index contributed by atoms with van der Waals surface area (Å²) in [7, 11) is 0. The third kappa shape index (κ3) is 5.86. The highest BCUT2D eigenvalue weighted by molar-refractivity contribution is 5.30. The van der Waals surface area contributed by atoms with Crippen molar-refractivity contribution in [3.8, 4) is 0 Å². The number of rotatable bonds is 9. The standard InChI is InChI=1S/C25H16F12O4/c1-7-13(26)19(32)10(20(33)14(7)27)4-39-25(38,40-5-11-21(34)15(28)8(2)16(29)22(11)35)41-6-12-23(36)17(30)9(3)18(31)24(12)37/h38H,4-6H2,1-3H3. The zero-order valence-corrected chi connectivity index (χ0v) is 20.8. The smallest absolute Gasteiger partial charge is 0.319 e. The molecule has 0 radical (unpaired) electrons. The molecule has 0 amide bonds. The highest BCUT2D eigenvalue weighted by atomic mass is 19.2. The average molecular weight is 608 g/mol. The monoisotopic (exact) mass is 608 g/mol. The molecule has 0 aliphatic carbocycles. The van der Waals surface area contributed by atoms with E-state index < -0.39 is 129 Å². The van der Waals surface area contributed by atoms with Gasteiger partial charge in [0.05, 0.1) is 36.5 Å². The normalized spacial score (nSPS) is 12.0. The fourth-order valence-corrected chi connectivity index (χ4v) is 3.36. The van der Waals surface area contributed by atoms with Gasteiger partial charge in [0.1, 0.15) is 0 Å². The highest BCUT2D eigenvalue weighted by Gasteiger charge is 2.37. The Morgan fingerprint density at radius 1 is 0.390 bits per heavy atom. The lowest BCUT2D eigenvalue weighted by atomic mass is 10.1. The molecule has 0 heterocycles. The lowest BCUT2D eigenvalue weighted by Crippen LogP contribution is -2.39. The lowest BCUT2D eigenvalue weighted by molar-refractivity contribution is -0.496. The Hall–Kier alpha value is -3.34. The summed E-state index contributed by atoms with van der Waals surface area (Å²) in [5, 5.41) is 10.6. The van der Waals surface area contributed by atoms with Crippen molar-refractivity contribution in [3.05, 3.63) is 103 Å². The van der Waals surface area contributed by atoms with Crippen molar-refractivity contribution in [2.45, 2.75) is 46.8 Å². The van der Waals surface area contributed by atoms with Gasteiger partial charge in [-0.05, 0) is 20.8 Å². The van der Waals surface area contributed by atoms with Crippen LogP contribution in [0.25, 0.3) is 0 Å². The van der Waals surface area contributed by atoms with E-state index in [1.165, 1.54) is 0 Å². The molecule has 0 unspecified atom stereocenters. The first-order valence-electron chi connectivity index (χ1n) is 11.0. The van der Waals surface area contributed by atoms with Crippen LogP contribution in [-0.4, -0.2) is 11.3 Å². The Morgan fingerprint density at radius 2 is 0.561 bits per heavy atom. The van der Waals surface area contributed by atoms with Crippen molar-refractivity contribution in [3.63, 3.8) is 0 Å². The first-order chi connectivity index (χ1) is 18.9. The van der Waals surface area contributed by atoms with E-state index in [1.54, 1.807) is 0 Å². The van der Waals surface area contributed by atoms with Crippen LogP contribution in [0, 0.1) is 90.6 Å². The first-order valence-corrected chi connectivity index (χ1v) is 11.0. The van der Waals surface area contributed by atoms with E-state index in [-0.39, 0.29) is 0 Å². The second-order valence-electron chi connectivity index (χ2n) is 8.47. The fourth-order valence-electron chi connectivity index (χ4n) is 3.36. The molecule has 0 atom stereocenters. The zero-order chi connectivity index (χ0) is 31.1. The Labute approximate surface area is 222 Å². The Balaban J connectivity index is 2.01. The van der Waals surface area contributed by atoms with E-state index in [9.17, 15) is 57.8 Å². The summed E-state index contributed by atoms with van der Waals surface area (Å²) in [6, 6.07) is 0. The second-order valence-corrected chi connectivity index (χ2v) is 8.47. The van der Waals surface area contributed by atoms with E-state index in [1.807, 2.05) is 0 Å². The van der Waals surface area contributed by atoms with Gasteiger partial charge >= 0.3 is 6.16 Å². The molecule has 3 aromatic carbocycles. The van der Waals surface area contributed by atoms with E-state index in [0.717, 1.165) is 0 Å². The van der Waals surface area contributed by atoms with E-state index in [4.69, 9.17) is 0 Å². The molecular weight excluding hydrogens is 592 g/mol. The predicted octanol–water partition coefficient (Wildman–Crippen LogP) is 6.83. The summed E-state index contributed by atoms with van der Waals surface area (Å²) in [4.78, 5) is 0. The van der Waals surface area contributed by atoms with Crippen LogP contribution in [0.5, 0.6) is 0 Å². The maximum absolute atomic E-state index is 14.3. The molecule has 3 rings (SSSR count). The Bertz CT molecular complexity index is 1260. The van der Waals surface area contributed by atoms with Crippen LogP contribution in [0.1, 0.15) is 33.4 Å². The molecule has 224 valence electrons. The predicted molar refractivity (Wildman–Crippen MR) is 112 cm³/mol. The molecular formula is C25H16F12O4. The zero-order valence-electron chi connectivity index (χ0n) is 20.8. The van der Waals surface area contributed by atoms with Crippen molar-refractivity contribution in [2.75, 3.05) is 0 Å². The van der Waals surface area contributed by atoms with Crippen molar-refractivity contribution >= 4 is 0 Å². The van der Waals surface area contributed by atoms with Gasteiger partial charge in [-0.15, -0.1) is 0 Å². The van der Waals surface area contributed by atoms with E-state index >= 15 is 0 Å². The van der Waals surface area contributed by atoms with Gasteiger partial charge in [0.15, 0.2) is 69.8 Å².